The van der Waals surface area contributed by atoms with Gasteiger partial charge in [0.1, 0.15) is 11.1 Å². The van der Waals surface area contributed by atoms with Crippen LogP contribution < -0.4 is 9.85 Å². The third kappa shape index (κ3) is 2.52. The third-order valence-corrected chi connectivity index (χ3v) is 2.49. The first-order valence-corrected chi connectivity index (χ1v) is 5.24. The Morgan fingerprint density at radius 3 is 2.94 bits per heavy atom. The van der Waals surface area contributed by atoms with Gasteiger partial charge in [-0.2, -0.15) is 4.63 Å². The Labute approximate surface area is 101 Å². The van der Waals surface area contributed by atoms with Crippen molar-refractivity contribution < 1.29 is 33.6 Å². The third-order valence-electron chi connectivity index (χ3n) is 2.49. The maximum absolute atomic E-state index is 10.9. The Bertz CT molecular complexity index is 419. The number of rotatable bonds is 5. The molecule has 0 saturated carbocycles. The molecule has 1 atom stereocenters. The lowest BCUT2D eigenvalue weighted by Gasteiger charge is -2.15. The minimum absolute atomic E-state index is 0.394. The summed E-state index contributed by atoms with van der Waals surface area (Å²) in [6, 6.07) is -0.639. The van der Waals surface area contributed by atoms with Crippen molar-refractivity contribution in [2.24, 2.45) is 0 Å². The average Bonchev–Trinajstić information content (AvgIpc) is 2.93. The summed E-state index contributed by atoms with van der Waals surface area (Å²) in [6.45, 7) is 0.156. The predicted molar refractivity (Wildman–Crippen MR) is 53.4 cm³/mol. The summed E-state index contributed by atoms with van der Waals surface area (Å²) < 4.78 is 13.6. The highest BCUT2D eigenvalue weighted by molar-refractivity contribution is 5.75. The maximum Gasteiger partial charge on any atom is 0.510 e. The second-order valence-corrected chi connectivity index (χ2v) is 3.58. The molecule has 2 heterocycles. The van der Waals surface area contributed by atoms with Gasteiger partial charge in [0.15, 0.2) is 0 Å². The SMILES string of the molecule is COC(=O)OCOn1on1N1CCCC1C(=O)O. The van der Waals surface area contributed by atoms with Gasteiger partial charge in [0, 0.05) is 6.54 Å². The Morgan fingerprint density at radius 2 is 2.28 bits per heavy atom. The largest absolute Gasteiger partial charge is 0.510 e. The number of aromatic nitrogens is 2. The molecule has 1 N–H and O–H groups in total. The Kier molecular flexibility index (Phi) is 3.35. The van der Waals surface area contributed by atoms with E-state index in [1.807, 2.05) is 0 Å². The Morgan fingerprint density at radius 1 is 1.50 bits per heavy atom. The van der Waals surface area contributed by atoms with Crippen LogP contribution in [0, 0.1) is 0 Å². The fourth-order valence-corrected chi connectivity index (χ4v) is 1.65. The van der Waals surface area contributed by atoms with Crippen LogP contribution in [0.25, 0.3) is 0 Å². The lowest BCUT2D eigenvalue weighted by molar-refractivity contribution is -0.138. The second kappa shape index (κ2) is 4.94. The van der Waals surface area contributed by atoms with Crippen molar-refractivity contribution >= 4 is 12.1 Å². The van der Waals surface area contributed by atoms with E-state index in [0.29, 0.717) is 13.0 Å². The van der Waals surface area contributed by atoms with E-state index in [9.17, 15) is 9.59 Å². The molecule has 102 valence electrons. The van der Waals surface area contributed by atoms with Gasteiger partial charge in [-0.05, 0) is 12.8 Å². The topological polar surface area (TPSA) is 108 Å². The smallest absolute Gasteiger partial charge is 0.480 e. The number of ether oxygens (including phenoxy) is 2. The molecule has 0 aromatic carbocycles. The summed E-state index contributed by atoms with van der Waals surface area (Å²) in [4.78, 5) is 27.5. The molecule has 1 fully saturated rings. The van der Waals surface area contributed by atoms with Gasteiger partial charge in [-0.15, -0.1) is 0 Å². The van der Waals surface area contributed by atoms with Crippen LogP contribution in [0.5, 0.6) is 0 Å². The van der Waals surface area contributed by atoms with E-state index in [2.05, 4.69) is 9.47 Å². The summed E-state index contributed by atoms with van der Waals surface area (Å²) >= 11 is 0. The number of carboxylic acids is 1. The normalized spacial score (nSPS) is 18.9. The molecule has 1 saturated heterocycles. The number of aliphatic carboxylic acids is 1. The maximum atomic E-state index is 10.9. The monoisotopic (exact) mass is 263 g/mol. The lowest BCUT2D eigenvalue weighted by Crippen LogP contribution is -2.42. The molecule has 0 spiro atoms. The van der Waals surface area contributed by atoms with E-state index < -0.39 is 25.0 Å². The fraction of sp³-hybridized carbons (Fsp3) is 0.750. The van der Waals surface area contributed by atoms with Gasteiger partial charge in [0.05, 0.1) is 12.1 Å². The van der Waals surface area contributed by atoms with Crippen LogP contribution in [0.1, 0.15) is 12.8 Å². The van der Waals surface area contributed by atoms with Gasteiger partial charge in [-0.25, -0.2) is 14.6 Å². The van der Waals surface area contributed by atoms with Crippen molar-refractivity contribution in [1.29, 1.82) is 0 Å². The quantitative estimate of drug-likeness (QED) is 0.545. The molecule has 1 aliphatic rings. The zero-order chi connectivity index (χ0) is 13.1. The average molecular weight is 263 g/mol. The van der Waals surface area contributed by atoms with Crippen LogP contribution in [-0.2, 0) is 14.3 Å². The van der Waals surface area contributed by atoms with Crippen LogP contribution >= 0.6 is 0 Å². The van der Waals surface area contributed by atoms with E-state index in [0.717, 1.165) is 16.4 Å². The van der Waals surface area contributed by atoms with Crippen molar-refractivity contribution in [2.45, 2.75) is 18.9 Å². The molecule has 1 unspecified atom stereocenters. The molecule has 2 rings (SSSR count). The molecule has 0 bridgehead atoms. The van der Waals surface area contributed by atoms with Crippen LogP contribution in [-0.4, -0.2) is 53.7 Å². The van der Waals surface area contributed by atoms with Gasteiger partial charge in [-0.1, -0.05) is 0 Å². The van der Waals surface area contributed by atoms with Crippen molar-refractivity contribution in [2.75, 3.05) is 25.5 Å². The second-order valence-electron chi connectivity index (χ2n) is 3.58. The molecular weight excluding hydrogens is 250 g/mol. The predicted octanol–water partition coefficient (Wildman–Crippen LogP) is -0.763. The minimum atomic E-state index is -0.922. The van der Waals surface area contributed by atoms with Crippen molar-refractivity contribution in [3.8, 4) is 0 Å². The number of methoxy groups -OCH3 is 1. The number of carbonyl (C=O) groups is 2. The Hall–Kier alpha value is -2.26. The van der Waals surface area contributed by atoms with Crippen molar-refractivity contribution in [1.82, 2.24) is 9.98 Å². The molecule has 1 aliphatic heterocycles. The van der Waals surface area contributed by atoms with E-state index in [1.54, 1.807) is 0 Å². The molecule has 1 aromatic heterocycles. The summed E-state index contributed by atoms with van der Waals surface area (Å²) in [5.41, 5.74) is 0. The lowest BCUT2D eigenvalue weighted by atomic mass is 10.2. The minimum Gasteiger partial charge on any atom is -0.480 e. The van der Waals surface area contributed by atoms with Gasteiger partial charge in [0.25, 0.3) is 6.79 Å². The first-order chi connectivity index (χ1) is 8.63. The molecule has 0 aliphatic carbocycles. The molecule has 10 heteroatoms. The van der Waals surface area contributed by atoms with Crippen LogP contribution in [0.2, 0.25) is 0 Å². The van der Waals surface area contributed by atoms with E-state index >= 15 is 0 Å². The molecule has 1 aromatic rings. The zero-order valence-electron chi connectivity index (χ0n) is 9.64. The number of carboxylic acid groups (broad SMARTS) is 1. The van der Waals surface area contributed by atoms with Gasteiger partial charge in [0.2, 0.25) is 0 Å². The molecule has 10 nitrogen and oxygen atoms in total. The first kappa shape index (κ1) is 12.2. The fourth-order valence-electron chi connectivity index (χ4n) is 1.65. The van der Waals surface area contributed by atoms with E-state index in [-0.39, 0.29) is 0 Å². The van der Waals surface area contributed by atoms with Gasteiger partial charge < -0.3 is 19.4 Å². The summed E-state index contributed by atoms with van der Waals surface area (Å²) in [5, 5.41) is 11.4. The van der Waals surface area contributed by atoms with Crippen LogP contribution in [0.15, 0.2) is 4.63 Å². The highest BCUT2D eigenvalue weighted by Gasteiger charge is 2.36. The number of hydrogen-bond acceptors (Lipinski definition) is 7. The molecule has 0 radical (unpaired) electrons. The molecule has 0 amide bonds. The highest BCUT2D eigenvalue weighted by atomic mass is 17.0. The van der Waals surface area contributed by atoms with Crippen molar-refractivity contribution in [3.63, 3.8) is 0 Å². The van der Waals surface area contributed by atoms with E-state index in [4.69, 9.17) is 14.6 Å². The summed E-state index contributed by atoms with van der Waals surface area (Å²) in [7, 11) is 1.17. The van der Waals surface area contributed by atoms with Crippen LogP contribution in [0.3, 0.4) is 0 Å². The number of nitrogens with zero attached hydrogens (tertiary/aromatic N) is 3. The van der Waals surface area contributed by atoms with Crippen LogP contribution in [0.4, 0.5) is 4.79 Å². The Balaban J connectivity index is 1.79. The first-order valence-electron chi connectivity index (χ1n) is 5.24. The zero-order valence-corrected chi connectivity index (χ0v) is 9.64. The summed E-state index contributed by atoms with van der Waals surface area (Å²) in [6.07, 6.45) is 0.415. The number of carbonyl (C=O) groups excluding carboxylic acids is 1. The highest BCUT2D eigenvalue weighted by Crippen LogP contribution is 2.17. The molecular formula is C8H13N3O7. The van der Waals surface area contributed by atoms with Gasteiger partial charge >= 0.3 is 12.1 Å². The summed E-state index contributed by atoms with van der Waals surface area (Å²) in [5.74, 6) is -0.922. The van der Waals surface area contributed by atoms with Gasteiger partial charge in [-0.3, -0.25) is 0 Å². The number of hydrogen-bond donors (Lipinski definition) is 1. The van der Waals surface area contributed by atoms with E-state index in [1.165, 1.54) is 12.1 Å². The molecule has 18 heavy (non-hydrogen) atoms. The van der Waals surface area contributed by atoms with Crippen molar-refractivity contribution in [3.05, 3.63) is 0 Å². The standard InChI is InChI=1S/C8H13N3O7/c1-15-8(14)16-5-17-11-10(18-11)9-4-2-3-6(9)7(12)13/h6H,2-5H2,1H3,(H,12,13).